The molecule has 0 saturated carbocycles. The first-order chi connectivity index (χ1) is 5.94. The van der Waals surface area contributed by atoms with Crippen molar-refractivity contribution in [3.63, 3.8) is 0 Å². The lowest BCUT2D eigenvalue weighted by Crippen LogP contribution is -2.53. The molecule has 0 aliphatic carbocycles. The number of carbonyl (C=O) groups excluding carboxylic acids is 1. The lowest BCUT2D eigenvalue weighted by molar-refractivity contribution is 0.0958. The number of likely N-dealkylation sites (tertiary alicyclic amines) is 1. The highest BCUT2D eigenvalue weighted by molar-refractivity contribution is 5.72. The summed E-state index contributed by atoms with van der Waals surface area (Å²) in [7, 11) is 0. The molecule has 0 bridgehead atoms. The molecule has 76 valence electrons. The molecule has 0 spiro atoms. The van der Waals surface area contributed by atoms with E-state index >= 15 is 0 Å². The van der Waals surface area contributed by atoms with Crippen molar-refractivity contribution in [2.75, 3.05) is 19.6 Å². The molecule has 1 aliphatic rings. The maximum atomic E-state index is 10.7. The lowest BCUT2D eigenvalue weighted by Gasteiger charge is -2.41. The first-order valence-electron chi connectivity index (χ1n) is 4.69. The van der Waals surface area contributed by atoms with Crippen LogP contribution in [-0.4, -0.2) is 30.6 Å². The van der Waals surface area contributed by atoms with Crippen molar-refractivity contribution in [1.82, 2.24) is 4.90 Å². The van der Waals surface area contributed by atoms with E-state index in [0.29, 0.717) is 12.5 Å². The summed E-state index contributed by atoms with van der Waals surface area (Å²) in [5.41, 5.74) is 10.9. The second kappa shape index (κ2) is 3.54. The van der Waals surface area contributed by atoms with E-state index in [1.54, 1.807) is 4.90 Å². The third-order valence-corrected chi connectivity index (χ3v) is 2.66. The minimum Gasteiger partial charge on any atom is -0.351 e. The quantitative estimate of drug-likeness (QED) is 0.667. The molecule has 4 N–H and O–H groups in total. The summed E-state index contributed by atoms with van der Waals surface area (Å²) < 4.78 is 0. The maximum Gasteiger partial charge on any atom is 0.314 e. The zero-order valence-electron chi connectivity index (χ0n) is 8.42. The summed E-state index contributed by atoms with van der Waals surface area (Å²) >= 11 is 0. The molecule has 0 unspecified atom stereocenters. The molecule has 0 atom stereocenters. The highest BCUT2D eigenvalue weighted by Gasteiger charge is 2.33. The minimum absolute atomic E-state index is 0.189. The molecule has 1 saturated heterocycles. The van der Waals surface area contributed by atoms with Crippen LogP contribution in [0.4, 0.5) is 4.79 Å². The molecular formula is C9H19N3O. The molecule has 4 nitrogen and oxygen atoms in total. The van der Waals surface area contributed by atoms with Crippen molar-refractivity contribution in [3.8, 4) is 0 Å². The SMILES string of the molecule is CC(C)(CN)CC1CN(C(N)=O)C1. The van der Waals surface area contributed by atoms with Crippen LogP contribution in [-0.2, 0) is 0 Å². The van der Waals surface area contributed by atoms with Crippen molar-refractivity contribution < 1.29 is 4.79 Å². The Morgan fingerprint density at radius 3 is 2.46 bits per heavy atom. The number of carbonyl (C=O) groups is 1. The average Bonchev–Trinajstić information content (AvgIpc) is 1.95. The van der Waals surface area contributed by atoms with E-state index in [9.17, 15) is 4.79 Å². The van der Waals surface area contributed by atoms with E-state index in [4.69, 9.17) is 11.5 Å². The van der Waals surface area contributed by atoms with Crippen molar-refractivity contribution in [3.05, 3.63) is 0 Å². The van der Waals surface area contributed by atoms with Gasteiger partial charge in [0.1, 0.15) is 0 Å². The molecule has 2 amide bonds. The van der Waals surface area contributed by atoms with Crippen LogP contribution in [0, 0.1) is 11.3 Å². The van der Waals surface area contributed by atoms with Crippen molar-refractivity contribution in [1.29, 1.82) is 0 Å². The summed E-state index contributed by atoms with van der Waals surface area (Å²) in [4.78, 5) is 12.3. The van der Waals surface area contributed by atoms with Gasteiger partial charge in [0, 0.05) is 13.1 Å². The minimum atomic E-state index is -0.304. The van der Waals surface area contributed by atoms with Gasteiger partial charge in [-0.3, -0.25) is 0 Å². The molecule has 13 heavy (non-hydrogen) atoms. The summed E-state index contributed by atoms with van der Waals surface area (Å²) in [6.07, 6.45) is 1.08. The van der Waals surface area contributed by atoms with Gasteiger partial charge in [-0.05, 0) is 24.3 Å². The Balaban J connectivity index is 2.25. The largest absolute Gasteiger partial charge is 0.351 e. The van der Waals surface area contributed by atoms with Gasteiger partial charge in [0.05, 0.1) is 0 Å². The standard InChI is InChI=1S/C9H19N3O/c1-9(2,6-10)3-7-4-12(5-7)8(11)13/h7H,3-6,10H2,1-2H3,(H2,11,13). The van der Waals surface area contributed by atoms with Crippen LogP contribution in [0.3, 0.4) is 0 Å². The number of nitrogens with zero attached hydrogens (tertiary/aromatic N) is 1. The van der Waals surface area contributed by atoms with Gasteiger partial charge >= 0.3 is 6.03 Å². The van der Waals surface area contributed by atoms with Gasteiger partial charge in [0.15, 0.2) is 0 Å². The number of primary amides is 1. The monoisotopic (exact) mass is 185 g/mol. The van der Waals surface area contributed by atoms with Crippen molar-refractivity contribution in [2.45, 2.75) is 20.3 Å². The maximum absolute atomic E-state index is 10.7. The molecule has 4 heteroatoms. The number of urea groups is 1. The lowest BCUT2D eigenvalue weighted by atomic mass is 9.80. The van der Waals surface area contributed by atoms with Gasteiger partial charge in [-0.25, -0.2) is 4.79 Å². The van der Waals surface area contributed by atoms with Crippen LogP contribution in [0.1, 0.15) is 20.3 Å². The molecule has 1 aliphatic heterocycles. The molecule has 0 aromatic rings. The highest BCUT2D eigenvalue weighted by atomic mass is 16.2. The number of hydrogen-bond donors (Lipinski definition) is 2. The Kier molecular flexibility index (Phi) is 2.81. The van der Waals surface area contributed by atoms with Crippen molar-refractivity contribution in [2.24, 2.45) is 22.8 Å². The summed E-state index contributed by atoms with van der Waals surface area (Å²) in [6, 6.07) is -0.304. The summed E-state index contributed by atoms with van der Waals surface area (Å²) in [6.45, 7) is 6.61. The van der Waals surface area contributed by atoms with Crippen LogP contribution in [0.15, 0.2) is 0 Å². The summed E-state index contributed by atoms with van der Waals surface area (Å²) in [5, 5.41) is 0. The van der Waals surface area contributed by atoms with Crippen LogP contribution < -0.4 is 11.5 Å². The van der Waals surface area contributed by atoms with E-state index in [1.807, 2.05) is 0 Å². The fraction of sp³-hybridized carbons (Fsp3) is 0.889. The number of nitrogens with two attached hydrogens (primary N) is 2. The van der Waals surface area contributed by atoms with Gasteiger partial charge in [0.2, 0.25) is 0 Å². The van der Waals surface area contributed by atoms with Gasteiger partial charge in [-0.15, -0.1) is 0 Å². The Hall–Kier alpha value is -0.770. The van der Waals surface area contributed by atoms with Crippen molar-refractivity contribution >= 4 is 6.03 Å². The van der Waals surface area contributed by atoms with E-state index in [1.165, 1.54) is 0 Å². The number of rotatable bonds is 3. The topological polar surface area (TPSA) is 72.3 Å². The Morgan fingerprint density at radius 2 is 2.08 bits per heavy atom. The van der Waals surface area contributed by atoms with Gasteiger partial charge < -0.3 is 16.4 Å². The van der Waals surface area contributed by atoms with Gasteiger partial charge in [0.25, 0.3) is 0 Å². The Labute approximate surface area is 79.3 Å². The molecule has 1 fully saturated rings. The molecule has 1 rings (SSSR count). The van der Waals surface area contributed by atoms with E-state index in [-0.39, 0.29) is 11.4 Å². The molecule has 0 radical (unpaired) electrons. The zero-order chi connectivity index (χ0) is 10.1. The molecule has 0 aromatic heterocycles. The summed E-state index contributed by atoms with van der Waals surface area (Å²) in [5.74, 6) is 0.589. The van der Waals surface area contributed by atoms with Crippen LogP contribution in [0.5, 0.6) is 0 Å². The van der Waals surface area contributed by atoms with Gasteiger partial charge in [-0.1, -0.05) is 13.8 Å². The Bertz CT molecular complexity index is 197. The number of hydrogen-bond acceptors (Lipinski definition) is 2. The van der Waals surface area contributed by atoms with Crippen LogP contribution in [0.25, 0.3) is 0 Å². The number of amides is 2. The highest BCUT2D eigenvalue weighted by Crippen LogP contribution is 2.29. The van der Waals surface area contributed by atoms with Crippen LogP contribution in [0.2, 0.25) is 0 Å². The molecular weight excluding hydrogens is 166 g/mol. The van der Waals surface area contributed by atoms with E-state index in [2.05, 4.69) is 13.8 Å². The first-order valence-corrected chi connectivity index (χ1v) is 4.69. The van der Waals surface area contributed by atoms with Gasteiger partial charge in [-0.2, -0.15) is 0 Å². The zero-order valence-corrected chi connectivity index (χ0v) is 8.42. The fourth-order valence-electron chi connectivity index (χ4n) is 1.74. The predicted octanol–water partition coefficient (Wildman–Crippen LogP) is 0.372. The van der Waals surface area contributed by atoms with E-state index in [0.717, 1.165) is 19.5 Å². The van der Waals surface area contributed by atoms with E-state index < -0.39 is 0 Å². The third kappa shape index (κ3) is 2.59. The molecule has 0 aromatic carbocycles. The smallest absolute Gasteiger partial charge is 0.314 e. The average molecular weight is 185 g/mol. The third-order valence-electron chi connectivity index (χ3n) is 2.66. The fourth-order valence-corrected chi connectivity index (χ4v) is 1.74. The first kappa shape index (κ1) is 10.3. The second-order valence-electron chi connectivity index (χ2n) is 4.68. The normalized spacial score (nSPS) is 18.5. The Morgan fingerprint density at radius 1 is 1.54 bits per heavy atom. The molecule has 1 heterocycles. The second-order valence-corrected chi connectivity index (χ2v) is 4.68. The predicted molar refractivity (Wildman–Crippen MR) is 52.1 cm³/mol. The van der Waals surface area contributed by atoms with Crippen LogP contribution >= 0.6 is 0 Å².